The molecular weight excluding hydrogens is 294 g/mol. The molecule has 6 nitrogen and oxygen atoms in total. The molecule has 1 aromatic heterocycles. The molecule has 0 spiro atoms. The molecule has 3 aromatic rings. The summed E-state index contributed by atoms with van der Waals surface area (Å²) in [7, 11) is 4.81. The monoisotopic (exact) mass is 313 g/mol. The maximum Gasteiger partial charge on any atom is 0.203 e. The summed E-state index contributed by atoms with van der Waals surface area (Å²) in [5, 5.41) is 3.27. The molecule has 6 heteroatoms. The number of hydrogen-bond donors (Lipinski definition) is 2. The summed E-state index contributed by atoms with van der Waals surface area (Å²) in [6.07, 6.45) is 0. The number of ether oxygens (including phenoxy) is 3. The van der Waals surface area contributed by atoms with Gasteiger partial charge in [-0.3, -0.25) is 0 Å². The lowest BCUT2D eigenvalue weighted by molar-refractivity contribution is 0.322. The van der Waals surface area contributed by atoms with E-state index in [9.17, 15) is 0 Å². The van der Waals surface area contributed by atoms with Gasteiger partial charge in [0.25, 0.3) is 0 Å². The van der Waals surface area contributed by atoms with Gasteiger partial charge in [0.1, 0.15) is 0 Å². The molecule has 1 heterocycles. The Hall–Kier alpha value is -2.89. The zero-order chi connectivity index (χ0) is 16.2. The normalized spacial score (nSPS) is 10.6. The highest BCUT2D eigenvalue weighted by Crippen LogP contribution is 2.39. The van der Waals surface area contributed by atoms with Gasteiger partial charge in [-0.25, -0.2) is 4.98 Å². The van der Waals surface area contributed by atoms with Crippen molar-refractivity contribution >= 4 is 17.0 Å². The molecule has 120 valence electrons. The maximum atomic E-state index is 5.48. The van der Waals surface area contributed by atoms with E-state index in [-0.39, 0.29) is 0 Å². The molecule has 0 bridgehead atoms. The molecule has 2 aromatic carbocycles. The second kappa shape index (κ2) is 6.48. The van der Waals surface area contributed by atoms with E-state index in [1.807, 2.05) is 36.4 Å². The highest BCUT2D eigenvalue weighted by Gasteiger charge is 2.15. The highest BCUT2D eigenvalue weighted by atomic mass is 16.5. The maximum absolute atomic E-state index is 5.48. The number of anilines is 1. The number of aromatic nitrogens is 2. The number of hydrogen-bond acceptors (Lipinski definition) is 5. The zero-order valence-electron chi connectivity index (χ0n) is 13.3. The minimum absolute atomic E-state index is 0.545. The van der Waals surface area contributed by atoms with E-state index in [0.717, 1.165) is 16.6 Å². The lowest BCUT2D eigenvalue weighted by Crippen LogP contribution is -2.05. The molecule has 0 unspecified atom stereocenters. The van der Waals surface area contributed by atoms with E-state index in [4.69, 9.17) is 14.2 Å². The molecule has 0 saturated heterocycles. The first-order chi connectivity index (χ1) is 11.3. The topological polar surface area (TPSA) is 68.4 Å². The van der Waals surface area contributed by atoms with E-state index < -0.39 is 0 Å². The van der Waals surface area contributed by atoms with Crippen molar-refractivity contribution in [2.75, 3.05) is 26.6 Å². The number of para-hydroxylation sites is 2. The van der Waals surface area contributed by atoms with Crippen molar-refractivity contribution in [2.24, 2.45) is 0 Å². The molecule has 0 aliphatic heterocycles. The van der Waals surface area contributed by atoms with Gasteiger partial charge in [0.2, 0.25) is 11.7 Å². The Morgan fingerprint density at radius 3 is 2.43 bits per heavy atom. The van der Waals surface area contributed by atoms with Crippen LogP contribution in [0.3, 0.4) is 0 Å². The molecule has 2 N–H and O–H groups in total. The van der Waals surface area contributed by atoms with Gasteiger partial charge in [-0.1, -0.05) is 12.1 Å². The summed E-state index contributed by atoms with van der Waals surface area (Å²) in [5.41, 5.74) is 2.87. The first kappa shape index (κ1) is 15.0. The van der Waals surface area contributed by atoms with Crippen molar-refractivity contribution in [3.63, 3.8) is 0 Å². The van der Waals surface area contributed by atoms with Crippen LogP contribution in [-0.4, -0.2) is 31.3 Å². The quantitative estimate of drug-likeness (QED) is 0.731. The number of nitrogens with zero attached hydrogens (tertiary/aromatic N) is 1. The Balaban J connectivity index is 1.84. The van der Waals surface area contributed by atoms with Crippen LogP contribution in [0.5, 0.6) is 17.2 Å². The largest absolute Gasteiger partial charge is 0.493 e. The third-order valence-corrected chi connectivity index (χ3v) is 3.62. The predicted octanol–water partition coefficient (Wildman–Crippen LogP) is 3.20. The molecule has 0 fully saturated rings. The molecule has 3 rings (SSSR count). The summed E-state index contributed by atoms with van der Waals surface area (Å²) in [6.45, 7) is 0.545. The number of benzene rings is 2. The van der Waals surface area contributed by atoms with Gasteiger partial charge < -0.3 is 24.5 Å². The van der Waals surface area contributed by atoms with Crippen molar-refractivity contribution in [3.8, 4) is 17.2 Å². The number of imidazole rings is 1. The third kappa shape index (κ3) is 2.88. The van der Waals surface area contributed by atoms with Gasteiger partial charge in [0, 0.05) is 12.1 Å². The van der Waals surface area contributed by atoms with Crippen LogP contribution >= 0.6 is 0 Å². The molecular formula is C17H19N3O3. The number of aromatic amines is 1. The fourth-order valence-electron chi connectivity index (χ4n) is 2.52. The minimum atomic E-state index is 0.545. The standard InChI is InChI=1S/C17H19N3O3/c1-21-14-9-8-11(15(22-2)16(14)23-3)10-18-17-19-12-6-4-5-7-13(12)20-17/h4-9H,10H2,1-3H3,(H2,18,19,20). The molecule has 0 amide bonds. The van der Waals surface area contributed by atoms with E-state index in [1.54, 1.807) is 21.3 Å². The van der Waals surface area contributed by atoms with E-state index in [2.05, 4.69) is 15.3 Å². The molecule has 0 aliphatic carbocycles. The van der Waals surface area contributed by atoms with Gasteiger partial charge in [-0.05, 0) is 24.3 Å². The smallest absolute Gasteiger partial charge is 0.203 e. The van der Waals surface area contributed by atoms with Crippen LogP contribution in [0.4, 0.5) is 5.95 Å². The van der Waals surface area contributed by atoms with Gasteiger partial charge in [0.15, 0.2) is 11.5 Å². The lowest BCUT2D eigenvalue weighted by Gasteiger charge is -2.15. The molecule has 0 aliphatic rings. The van der Waals surface area contributed by atoms with Crippen LogP contribution in [0.2, 0.25) is 0 Å². The SMILES string of the molecule is COc1ccc(CNc2nc3ccccc3[nH]2)c(OC)c1OC. The lowest BCUT2D eigenvalue weighted by atomic mass is 10.1. The van der Waals surface area contributed by atoms with Crippen LogP contribution in [-0.2, 0) is 6.54 Å². The van der Waals surface area contributed by atoms with Crippen molar-refractivity contribution in [2.45, 2.75) is 6.54 Å². The number of H-pyrrole nitrogens is 1. The van der Waals surface area contributed by atoms with Gasteiger partial charge in [-0.15, -0.1) is 0 Å². The minimum Gasteiger partial charge on any atom is -0.493 e. The van der Waals surface area contributed by atoms with Gasteiger partial charge in [0.05, 0.1) is 32.4 Å². The third-order valence-electron chi connectivity index (χ3n) is 3.62. The van der Waals surface area contributed by atoms with Crippen molar-refractivity contribution in [1.82, 2.24) is 9.97 Å². The van der Waals surface area contributed by atoms with Crippen LogP contribution in [0.25, 0.3) is 11.0 Å². The average Bonchev–Trinajstić information content (AvgIpc) is 3.01. The van der Waals surface area contributed by atoms with Crippen LogP contribution in [0, 0.1) is 0 Å². The second-order valence-electron chi connectivity index (χ2n) is 4.95. The summed E-state index contributed by atoms with van der Waals surface area (Å²) in [5.74, 6) is 2.58. The first-order valence-corrected chi connectivity index (χ1v) is 7.23. The summed E-state index contributed by atoms with van der Waals surface area (Å²) in [4.78, 5) is 7.73. The van der Waals surface area contributed by atoms with Crippen LogP contribution < -0.4 is 19.5 Å². The van der Waals surface area contributed by atoms with Gasteiger partial charge in [-0.2, -0.15) is 0 Å². The van der Waals surface area contributed by atoms with Crippen molar-refractivity contribution < 1.29 is 14.2 Å². The Morgan fingerprint density at radius 1 is 0.957 bits per heavy atom. The second-order valence-corrected chi connectivity index (χ2v) is 4.95. The van der Waals surface area contributed by atoms with Crippen molar-refractivity contribution in [1.29, 1.82) is 0 Å². The Morgan fingerprint density at radius 2 is 1.74 bits per heavy atom. The van der Waals surface area contributed by atoms with E-state index in [0.29, 0.717) is 29.7 Å². The Bertz CT molecular complexity index is 781. The molecule has 0 saturated carbocycles. The summed E-state index contributed by atoms with van der Waals surface area (Å²) in [6, 6.07) is 11.7. The fourth-order valence-corrected chi connectivity index (χ4v) is 2.52. The fraction of sp³-hybridized carbons (Fsp3) is 0.235. The molecule has 0 radical (unpaired) electrons. The average molecular weight is 313 g/mol. The summed E-state index contributed by atoms with van der Waals surface area (Å²) < 4.78 is 16.2. The number of methoxy groups -OCH3 is 3. The predicted molar refractivity (Wildman–Crippen MR) is 89.5 cm³/mol. The highest BCUT2D eigenvalue weighted by molar-refractivity contribution is 5.77. The van der Waals surface area contributed by atoms with E-state index in [1.165, 1.54) is 0 Å². The van der Waals surface area contributed by atoms with E-state index >= 15 is 0 Å². The van der Waals surface area contributed by atoms with Crippen LogP contribution in [0.15, 0.2) is 36.4 Å². The Labute approximate surface area is 134 Å². The van der Waals surface area contributed by atoms with Crippen LogP contribution in [0.1, 0.15) is 5.56 Å². The number of rotatable bonds is 6. The molecule has 0 atom stereocenters. The zero-order valence-corrected chi connectivity index (χ0v) is 13.3. The number of nitrogens with one attached hydrogen (secondary N) is 2. The number of fused-ring (bicyclic) bond motifs is 1. The van der Waals surface area contributed by atoms with Crippen molar-refractivity contribution in [3.05, 3.63) is 42.0 Å². The first-order valence-electron chi connectivity index (χ1n) is 7.23. The Kier molecular flexibility index (Phi) is 4.23. The summed E-state index contributed by atoms with van der Waals surface area (Å²) >= 11 is 0. The van der Waals surface area contributed by atoms with Gasteiger partial charge >= 0.3 is 0 Å². The molecule has 23 heavy (non-hydrogen) atoms.